The summed E-state index contributed by atoms with van der Waals surface area (Å²) < 4.78 is 16.3. The van der Waals surface area contributed by atoms with Gasteiger partial charge >= 0.3 is 0 Å². The van der Waals surface area contributed by atoms with Crippen LogP contribution in [-0.4, -0.2) is 31.6 Å². The highest BCUT2D eigenvalue weighted by molar-refractivity contribution is 6.30. The van der Waals surface area contributed by atoms with Crippen molar-refractivity contribution in [1.82, 2.24) is 0 Å². The van der Waals surface area contributed by atoms with Gasteiger partial charge in [0.1, 0.15) is 18.1 Å². The molecule has 0 saturated carbocycles. The van der Waals surface area contributed by atoms with E-state index < -0.39 is 0 Å². The third kappa shape index (κ3) is 4.35. The Morgan fingerprint density at radius 3 is 2.76 bits per heavy atom. The van der Waals surface area contributed by atoms with E-state index in [2.05, 4.69) is 5.32 Å². The van der Waals surface area contributed by atoms with E-state index in [0.29, 0.717) is 34.4 Å². The fourth-order valence-electron chi connectivity index (χ4n) is 2.91. The molecule has 0 saturated heterocycles. The summed E-state index contributed by atoms with van der Waals surface area (Å²) in [5, 5.41) is 3.37. The van der Waals surface area contributed by atoms with Crippen LogP contribution in [0, 0.1) is 0 Å². The van der Waals surface area contributed by atoms with Crippen LogP contribution >= 0.6 is 11.6 Å². The minimum atomic E-state index is -0.379. The minimum Gasteiger partial charge on any atom is -0.492 e. The molecule has 0 atom stereocenters. The number of carbonyl (C=O) groups is 2. The normalized spacial score (nSPS) is 12.9. The molecule has 4 rings (SSSR count). The number of fused-ring (bicyclic) bond motifs is 1. The molecule has 0 bridgehead atoms. The second-order valence-corrected chi connectivity index (χ2v) is 6.69. The zero-order valence-corrected chi connectivity index (χ0v) is 16.0. The first kappa shape index (κ1) is 18.9. The number of ether oxygens (including phenoxy) is 2. The lowest BCUT2D eigenvalue weighted by Gasteiger charge is -2.29. The van der Waals surface area contributed by atoms with Crippen LogP contribution in [0.2, 0.25) is 5.02 Å². The second kappa shape index (κ2) is 8.28. The van der Waals surface area contributed by atoms with Crippen molar-refractivity contribution in [1.29, 1.82) is 0 Å². The number of benzene rings is 2. The van der Waals surface area contributed by atoms with E-state index in [0.717, 1.165) is 0 Å². The Morgan fingerprint density at radius 2 is 2.00 bits per heavy atom. The summed E-state index contributed by atoms with van der Waals surface area (Å²) in [7, 11) is 0. The largest absolute Gasteiger partial charge is 0.492 e. The van der Waals surface area contributed by atoms with Crippen LogP contribution in [0.25, 0.3) is 0 Å². The molecule has 0 fully saturated rings. The molecule has 7 nitrogen and oxygen atoms in total. The van der Waals surface area contributed by atoms with E-state index in [1.807, 2.05) is 0 Å². The number of hydrogen-bond donors (Lipinski definition) is 1. The maximum Gasteiger partial charge on any atom is 0.291 e. The minimum absolute atomic E-state index is 0.0496. The number of nitrogens with one attached hydrogen (secondary N) is 1. The predicted octanol–water partition coefficient (Wildman–Crippen LogP) is 3.99. The lowest BCUT2D eigenvalue weighted by molar-refractivity contribution is -0.121. The van der Waals surface area contributed by atoms with Crippen LogP contribution in [0.15, 0.2) is 65.3 Å². The molecule has 29 heavy (non-hydrogen) atoms. The fraction of sp³-hybridized carbons (Fsp3) is 0.143. The number of hydrogen-bond acceptors (Lipinski definition) is 5. The molecule has 0 aliphatic carbocycles. The van der Waals surface area contributed by atoms with Gasteiger partial charge in [-0.05, 0) is 54.6 Å². The van der Waals surface area contributed by atoms with Gasteiger partial charge in [0.15, 0.2) is 12.4 Å². The average molecular weight is 413 g/mol. The molecule has 1 N–H and O–H groups in total. The Hall–Kier alpha value is -3.45. The van der Waals surface area contributed by atoms with E-state index in [-0.39, 0.29) is 30.8 Å². The van der Waals surface area contributed by atoms with Crippen molar-refractivity contribution in [2.24, 2.45) is 0 Å². The second-order valence-electron chi connectivity index (χ2n) is 6.25. The van der Waals surface area contributed by atoms with Gasteiger partial charge in [-0.15, -0.1) is 0 Å². The van der Waals surface area contributed by atoms with E-state index in [9.17, 15) is 9.59 Å². The van der Waals surface area contributed by atoms with Gasteiger partial charge in [0.25, 0.3) is 11.8 Å². The van der Waals surface area contributed by atoms with Gasteiger partial charge in [0.2, 0.25) is 0 Å². The highest BCUT2D eigenvalue weighted by atomic mass is 35.5. The third-order valence-corrected chi connectivity index (χ3v) is 4.55. The molecule has 148 valence electrons. The third-order valence-electron chi connectivity index (χ3n) is 4.30. The maximum atomic E-state index is 12.4. The van der Waals surface area contributed by atoms with Crippen molar-refractivity contribution >= 4 is 34.8 Å². The number of anilines is 2. The zero-order valence-electron chi connectivity index (χ0n) is 15.3. The fourth-order valence-corrected chi connectivity index (χ4v) is 3.04. The van der Waals surface area contributed by atoms with Gasteiger partial charge in [-0.1, -0.05) is 11.6 Å². The van der Waals surface area contributed by atoms with Crippen molar-refractivity contribution in [3.8, 4) is 11.5 Å². The van der Waals surface area contributed by atoms with Crippen LogP contribution in [0.3, 0.4) is 0 Å². The van der Waals surface area contributed by atoms with Gasteiger partial charge in [-0.3, -0.25) is 9.59 Å². The van der Waals surface area contributed by atoms with E-state index in [4.69, 9.17) is 25.5 Å². The summed E-state index contributed by atoms with van der Waals surface area (Å²) in [4.78, 5) is 26.2. The Morgan fingerprint density at radius 1 is 1.17 bits per heavy atom. The number of furan rings is 1. The molecule has 2 aromatic carbocycles. The molecule has 1 aliphatic rings. The molecule has 0 radical (unpaired) electrons. The predicted molar refractivity (Wildman–Crippen MR) is 108 cm³/mol. The first-order valence-electron chi connectivity index (χ1n) is 8.90. The van der Waals surface area contributed by atoms with Crippen molar-refractivity contribution in [3.63, 3.8) is 0 Å². The number of amides is 2. The Bertz CT molecular complexity index is 1020. The summed E-state index contributed by atoms with van der Waals surface area (Å²) in [6, 6.07) is 15.3. The standard InChI is InChI=1S/C21H17ClN2O5/c22-14-3-6-16(7-4-14)27-11-9-24-17-12-15(5-8-18(17)29-13-20(24)25)23-21(26)19-2-1-10-28-19/h1-8,10,12H,9,11,13H2,(H,23,26). The van der Waals surface area contributed by atoms with Crippen LogP contribution in [0.5, 0.6) is 11.5 Å². The number of rotatable bonds is 6. The summed E-state index contributed by atoms with van der Waals surface area (Å²) >= 11 is 5.87. The highest BCUT2D eigenvalue weighted by Crippen LogP contribution is 2.34. The summed E-state index contributed by atoms with van der Waals surface area (Å²) in [5.74, 6) is 0.854. The maximum absolute atomic E-state index is 12.4. The van der Waals surface area contributed by atoms with Gasteiger partial charge in [-0.25, -0.2) is 0 Å². The molecule has 0 unspecified atom stereocenters. The monoisotopic (exact) mass is 412 g/mol. The van der Waals surface area contributed by atoms with Crippen LogP contribution in [0.1, 0.15) is 10.6 Å². The van der Waals surface area contributed by atoms with Gasteiger partial charge in [0, 0.05) is 10.7 Å². The molecular weight excluding hydrogens is 396 g/mol. The SMILES string of the molecule is O=C(Nc1ccc2c(c1)N(CCOc1ccc(Cl)cc1)C(=O)CO2)c1ccco1. The Balaban J connectivity index is 1.47. The zero-order chi connectivity index (χ0) is 20.2. The van der Waals surface area contributed by atoms with Crippen LogP contribution in [0.4, 0.5) is 11.4 Å². The smallest absolute Gasteiger partial charge is 0.291 e. The lowest BCUT2D eigenvalue weighted by Crippen LogP contribution is -2.41. The van der Waals surface area contributed by atoms with Crippen molar-refractivity contribution < 1.29 is 23.5 Å². The Labute approximate surface area is 171 Å². The number of halogens is 1. The lowest BCUT2D eigenvalue weighted by atomic mass is 10.2. The van der Waals surface area contributed by atoms with Crippen molar-refractivity contribution in [2.75, 3.05) is 30.0 Å². The number of nitrogens with zero attached hydrogens (tertiary/aromatic N) is 1. The summed E-state index contributed by atoms with van der Waals surface area (Å²) in [5.41, 5.74) is 1.09. The highest BCUT2D eigenvalue weighted by Gasteiger charge is 2.26. The molecule has 3 aromatic rings. The van der Waals surface area contributed by atoms with E-state index >= 15 is 0 Å². The topological polar surface area (TPSA) is 81.0 Å². The van der Waals surface area contributed by atoms with Crippen LogP contribution < -0.4 is 19.7 Å². The van der Waals surface area contributed by atoms with Crippen molar-refractivity contribution in [2.45, 2.75) is 0 Å². The first-order valence-corrected chi connectivity index (χ1v) is 9.28. The Kier molecular flexibility index (Phi) is 5.39. The summed E-state index contributed by atoms with van der Waals surface area (Å²) in [6.45, 7) is 0.565. The molecule has 1 aliphatic heterocycles. The number of carbonyl (C=O) groups excluding carboxylic acids is 2. The molecule has 2 amide bonds. The average Bonchev–Trinajstić information content (AvgIpc) is 3.26. The summed E-state index contributed by atoms with van der Waals surface area (Å²) in [6.07, 6.45) is 1.43. The molecule has 0 spiro atoms. The van der Waals surface area contributed by atoms with Crippen LogP contribution in [-0.2, 0) is 4.79 Å². The van der Waals surface area contributed by atoms with Crippen molar-refractivity contribution in [3.05, 3.63) is 71.6 Å². The van der Waals surface area contributed by atoms with Gasteiger partial charge < -0.3 is 24.1 Å². The van der Waals surface area contributed by atoms with E-state index in [1.165, 1.54) is 6.26 Å². The van der Waals surface area contributed by atoms with Gasteiger partial charge in [0.05, 0.1) is 18.5 Å². The molecule has 2 heterocycles. The molecular formula is C21H17ClN2O5. The van der Waals surface area contributed by atoms with E-state index in [1.54, 1.807) is 59.5 Å². The molecule has 1 aromatic heterocycles. The first-order chi connectivity index (χ1) is 14.1. The molecule has 8 heteroatoms. The quantitative estimate of drug-likeness (QED) is 0.662. The van der Waals surface area contributed by atoms with Gasteiger partial charge in [-0.2, -0.15) is 0 Å².